The van der Waals surface area contributed by atoms with Gasteiger partial charge in [0.15, 0.2) is 51.2 Å². The van der Waals surface area contributed by atoms with Crippen molar-refractivity contribution >= 4 is 91.4 Å². The minimum atomic E-state index is -0.951. The Bertz CT molecular complexity index is 4800. The van der Waals surface area contributed by atoms with Crippen LogP contribution in [-0.2, 0) is 23.9 Å². The number of piperazine rings is 1. The van der Waals surface area contributed by atoms with Crippen molar-refractivity contribution in [3.8, 4) is 40.5 Å². The quantitative estimate of drug-likeness (QED) is 0.0428. The molecule has 494 valence electrons. The maximum Gasteiger partial charge on any atom is 0.330 e. The molecule has 1 aromatic carbocycles. The molecule has 7 N–H and O–H groups in total. The van der Waals surface area contributed by atoms with Crippen LogP contribution in [0.1, 0.15) is 78.9 Å². The molecule has 3 unspecified atom stereocenters. The molecule has 1 fully saturated rings. The molecule has 0 bridgehead atoms. The second kappa shape index (κ2) is 27.0. The third-order valence-electron chi connectivity index (χ3n) is 15.7. The number of carboxylic acid groups (broad SMARTS) is 1. The highest BCUT2D eigenvalue weighted by Crippen LogP contribution is 2.32. The number of hydrogen-bond donors (Lipinski definition) is 4. The lowest BCUT2D eigenvalue weighted by Gasteiger charge is -2.37. The molecule has 0 aliphatic carbocycles. The van der Waals surface area contributed by atoms with Crippen LogP contribution in [0.25, 0.3) is 84.8 Å². The second-order valence-corrected chi connectivity index (χ2v) is 23.8. The van der Waals surface area contributed by atoms with Gasteiger partial charge in [-0.3, -0.25) is 18.8 Å². The van der Waals surface area contributed by atoms with Crippen LogP contribution in [0.4, 0.5) is 23.5 Å². The zero-order valence-corrected chi connectivity index (χ0v) is 53.4. The minimum Gasteiger partial charge on any atom is -0.491 e. The first-order chi connectivity index (χ1) is 45.8. The van der Waals surface area contributed by atoms with Gasteiger partial charge in [-0.1, -0.05) is 41.5 Å². The van der Waals surface area contributed by atoms with Crippen molar-refractivity contribution in [2.75, 3.05) is 75.7 Å². The maximum atomic E-state index is 13.9. The topological polar surface area (TPSA) is 406 Å². The van der Waals surface area contributed by atoms with Gasteiger partial charge >= 0.3 is 11.9 Å². The van der Waals surface area contributed by atoms with Gasteiger partial charge in [0.25, 0.3) is 0 Å². The normalized spacial score (nSPS) is 13.8. The summed E-state index contributed by atoms with van der Waals surface area (Å²) in [7, 11) is 3.02. The predicted molar refractivity (Wildman–Crippen MR) is 346 cm³/mol. The van der Waals surface area contributed by atoms with E-state index >= 15 is 0 Å². The molecule has 1 saturated heterocycles. The average Bonchev–Trinajstić information content (AvgIpc) is 1.62. The van der Waals surface area contributed by atoms with E-state index in [4.69, 9.17) is 49.8 Å². The van der Waals surface area contributed by atoms with Crippen LogP contribution >= 0.6 is 0 Å². The molecule has 1 aliphatic heterocycles. The zero-order valence-electron chi connectivity index (χ0n) is 53.4. The number of carbonyl (C=O) groups excluding carboxylic acids is 2. The molecule has 33 nitrogen and oxygen atoms in total. The predicted octanol–water partition coefficient (Wildman–Crippen LogP) is 7.34. The van der Waals surface area contributed by atoms with Gasteiger partial charge in [-0.25, -0.2) is 24.5 Å². The number of amides is 1. The van der Waals surface area contributed by atoms with Crippen molar-refractivity contribution in [2.45, 2.75) is 78.9 Å². The number of rotatable bonds is 20. The number of carboxylic acids is 1. The van der Waals surface area contributed by atoms with Crippen molar-refractivity contribution < 1.29 is 47.0 Å². The SMILES string of the molecule is CC(C)CC(C(=O)O)n1cc2c(nc(N)n3nc(-c4ccco4)nc23)n1.COC(=O)C(CC(C)C)n1cc2c(nc(N)n3nc(-c4ccco4)nc23)n1.COCCOc1ccc(N2CCN(C(=O)C(CC(C)C)n3cc4c(nc(N)n5nc(-c6ccco6)nc45)n3)CC2)cc1. The van der Waals surface area contributed by atoms with Crippen molar-refractivity contribution in [1.29, 1.82) is 0 Å². The largest absolute Gasteiger partial charge is 0.491 e. The van der Waals surface area contributed by atoms with E-state index in [1.54, 1.807) is 77.8 Å². The lowest BCUT2D eigenvalue weighted by Crippen LogP contribution is -2.50. The van der Waals surface area contributed by atoms with Crippen molar-refractivity contribution in [2.24, 2.45) is 17.8 Å². The lowest BCUT2D eigenvalue weighted by atomic mass is 10.0. The fourth-order valence-electron chi connectivity index (χ4n) is 11.1. The lowest BCUT2D eigenvalue weighted by molar-refractivity contribution is -0.145. The molecule has 0 radical (unpaired) electrons. The van der Waals surface area contributed by atoms with Gasteiger partial charge < -0.3 is 59.6 Å². The summed E-state index contributed by atoms with van der Waals surface area (Å²) in [5.41, 5.74) is 21.9. The van der Waals surface area contributed by atoms with Crippen LogP contribution in [0, 0.1) is 17.8 Å². The van der Waals surface area contributed by atoms with Crippen LogP contribution < -0.4 is 26.8 Å². The third kappa shape index (κ3) is 13.3. The van der Waals surface area contributed by atoms with Gasteiger partial charge in [-0.2, -0.15) is 43.8 Å². The Hall–Kier alpha value is -11.5. The fraction of sp³-hybridized carbons (Fsp3) is 0.371. The molecule has 12 aromatic heterocycles. The van der Waals surface area contributed by atoms with E-state index in [2.05, 4.69) is 86.3 Å². The number of benzene rings is 1. The highest BCUT2D eigenvalue weighted by Gasteiger charge is 2.32. The smallest absolute Gasteiger partial charge is 0.330 e. The Morgan fingerprint density at radius 2 is 0.916 bits per heavy atom. The molecule has 33 heteroatoms. The summed E-state index contributed by atoms with van der Waals surface area (Å²) >= 11 is 0. The molecule has 13 aromatic rings. The maximum absolute atomic E-state index is 13.9. The molecule has 1 amide bonds. The van der Waals surface area contributed by atoms with Gasteiger partial charge in [0.05, 0.1) is 48.7 Å². The molecule has 3 atom stereocenters. The number of aromatic nitrogens is 18. The van der Waals surface area contributed by atoms with Gasteiger partial charge in [0.2, 0.25) is 41.2 Å². The van der Waals surface area contributed by atoms with E-state index in [-0.39, 0.29) is 47.5 Å². The van der Waals surface area contributed by atoms with Crippen LogP contribution in [-0.4, -0.2) is 170 Å². The highest BCUT2D eigenvalue weighted by atomic mass is 16.5. The van der Waals surface area contributed by atoms with E-state index in [0.717, 1.165) is 24.5 Å². The Kier molecular flexibility index (Phi) is 18.1. The number of nitrogens with two attached hydrogens (primary N) is 3. The summed E-state index contributed by atoms with van der Waals surface area (Å²) in [6.45, 7) is 16.0. The number of ether oxygens (including phenoxy) is 3. The second-order valence-electron chi connectivity index (χ2n) is 23.8. The first-order valence-corrected chi connectivity index (χ1v) is 30.7. The van der Waals surface area contributed by atoms with E-state index in [1.165, 1.54) is 31.6 Å². The molecular formula is C62H71N23O10. The van der Waals surface area contributed by atoms with E-state index in [9.17, 15) is 19.5 Å². The van der Waals surface area contributed by atoms with Gasteiger partial charge in [-0.05, 0) is 97.7 Å². The molecule has 95 heavy (non-hydrogen) atoms. The summed E-state index contributed by atoms with van der Waals surface area (Å²) in [5.74, 6) is 3.38. The van der Waals surface area contributed by atoms with Gasteiger partial charge in [0.1, 0.15) is 30.5 Å². The zero-order chi connectivity index (χ0) is 66.8. The number of anilines is 4. The van der Waals surface area contributed by atoms with Crippen LogP contribution in [0.2, 0.25) is 0 Å². The number of nitrogen functional groups attached to an aromatic ring is 3. The van der Waals surface area contributed by atoms with E-state index in [1.807, 2.05) is 50.9 Å². The number of fused-ring (bicyclic) bond motifs is 9. The summed E-state index contributed by atoms with van der Waals surface area (Å²) < 4.78 is 40.8. The standard InChI is InChI=1S/C29H35N9O4.C17H19N7O3.C16H17N7O3/c1-19(2)17-23(28(39)36-12-10-35(11-13-36)20-6-8-21(9-7-20)41-16-15-40-3)37-18-22-25(33-37)32-29(30)38-27(22)31-26(34-38)24-5-4-14-42-24;1-9(2)7-11(16(25)26-3)23-8-10-13(21-23)20-17(18)24-15(10)19-14(22-24)12-5-4-6-27-12;1-8(2)6-10(15(24)25)22-7-9-12(20-22)19-16(17)23-14(9)18-13(21-23)11-4-3-5-26-11/h4-9,14,18-19,23H,10-13,15-17H2,1-3H3,(H2,30,32,33);4-6,8-9,11H,7H2,1-3H3,(H2,18,20,21);3-5,7-8,10H,6H2,1-2H3,(H,24,25)(H2,17,19,20). The monoisotopic (exact) mass is 1300 g/mol. The number of methoxy groups -OCH3 is 2. The van der Waals surface area contributed by atoms with Crippen molar-refractivity contribution in [3.63, 3.8) is 0 Å². The Morgan fingerprint density at radius 3 is 1.29 bits per heavy atom. The summed E-state index contributed by atoms with van der Waals surface area (Å²) in [5, 5.41) is 38.0. The fourth-order valence-corrected chi connectivity index (χ4v) is 11.1. The summed E-state index contributed by atoms with van der Waals surface area (Å²) in [4.78, 5) is 68.6. The van der Waals surface area contributed by atoms with Gasteiger partial charge in [-0.15, -0.1) is 15.3 Å². The number of esters is 1. The third-order valence-corrected chi connectivity index (χ3v) is 15.7. The van der Waals surface area contributed by atoms with E-state index in [0.29, 0.717) is 130 Å². The first kappa shape index (κ1) is 63.6. The molecular weight excluding hydrogens is 1230 g/mol. The average molecular weight is 1300 g/mol. The van der Waals surface area contributed by atoms with Crippen LogP contribution in [0.3, 0.4) is 0 Å². The molecule has 1 aliphatic rings. The number of furan rings is 3. The first-order valence-electron chi connectivity index (χ1n) is 30.7. The highest BCUT2D eigenvalue weighted by molar-refractivity contribution is 5.93. The number of nitrogens with zero attached hydrogens (tertiary/aromatic N) is 20. The number of aliphatic carboxylic acids is 1. The summed E-state index contributed by atoms with van der Waals surface area (Å²) in [6.07, 6.45) is 11.5. The number of carbonyl (C=O) groups is 3. The Morgan fingerprint density at radius 1 is 0.516 bits per heavy atom. The molecule has 0 saturated carbocycles. The van der Waals surface area contributed by atoms with Crippen molar-refractivity contribution in [3.05, 3.63) is 98.0 Å². The van der Waals surface area contributed by atoms with Gasteiger partial charge in [0, 0.05) is 57.6 Å². The van der Waals surface area contributed by atoms with Crippen LogP contribution in [0.5, 0.6) is 5.75 Å². The Labute approximate surface area is 540 Å². The molecule has 14 rings (SSSR count). The minimum absolute atomic E-state index is 0.0415. The molecule has 13 heterocycles. The Balaban J connectivity index is 0.000000143. The van der Waals surface area contributed by atoms with E-state index < -0.39 is 24.1 Å². The molecule has 0 spiro atoms. The van der Waals surface area contributed by atoms with Crippen LogP contribution in [0.15, 0.2) is 111 Å². The number of hydrogen-bond acceptors (Lipinski definition) is 25. The van der Waals surface area contributed by atoms with Crippen molar-refractivity contribution in [1.82, 2.24) is 93.0 Å². The summed E-state index contributed by atoms with van der Waals surface area (Å²) in [6, 6.07) is 16.7.